The first-order chi connectivity index (χ1) is 12.1. The van der Waals surface area contributed by atoms with E-state index in [0.717, 1.165) is 12.1 Å². The van der Waals surface area contributed by atoms with Gasteiger partial charge in [-0.15, -0.1) is 0 Å². The highest BCUT2D eigenvalue weighted by molar-refractivity contribution is 5.90. The van der Waals surface area contributed by atoms with Crippen LogP contribution in [0, 0.1) is 5.82 Å². The predicted octanol–water partition coefficient (Wildman–Crippen LogP) is 2.95. The first-order valence-corrected chi connectivity index (χ1v) is 8.65. The molecule has 2 amide bonds. The van der Waals surface area contributed by atoms with Crippen molar-refractivity contribution in [3.63, 3.8) is 0 Å². The van der Waals surface area contributed by atoms with E-state index in [1.807, 2.05) is 6.92 Å². The summed E-state index contributed by atoms with van der Waals surface area (Å²) >= 11 is 0. The van der Waals surface area contributed by atoms with Crippen LogP contribution < -0.4 is 5.32 Å². The van der Waals surface area contributed by atoms with Crippen molar-refractivity contribution in [1.82, 2.24) is 14.7 Å². The number of aliphatic hydroxyl groups is 1. The number of nitrogens with one attached hydrogen (secondary N) is 1. The minimum absolute atomic E-state index is 0.192. The number of halogens is 1. The van der Waals surface area contributed by atoms with E-state index in [1.165, 1.54) is 12.1 Å². The Bertz CT molecular complexity index is 738. The number of amides is 2. The number of carbonyl (C=O) groups is 1. The van der Waals surface area contributed by atoms with Crippen LogP contribution >= 0.6 is 0 Å². The van der Waals surface area contributed by atoms with Gasteiger partial charge in [0.2, 0.25) is 0 Å². The summed E-state index contributed by atoms with van der Waals surface area (Å²) in [5.74, 6) is -0.326. The van der Waals surface area contributed by atoms with E-state index < -0.39 is 0 Å². The molecule has 0 radical (unpaired) electrons. The molecule has 2 heterocycles. The average Bonchev–Trinajstić information content (AvgIpc) is 2.98. The van der Waals surface area contributed by atoms with Crippen LogP contribution in [0.5, 0.6) is 0 Å². The summed E-state index contributed by atoms with van der Waals surface area (Å²) in [7, 11) is 0. The van der Waals surface area contributed by atoms with Crippen molar-refractivity contribution in [3.05, 3.63) is 42.0 Å². The Kier molecular flexibility index (Phi) is 5.33. The number of piperidine rings is 1. The molecule has 0 atom stereocenters. The van der Waals surface area contributed by atoms with E-state index >= 15 is 0 Å². The summed E-state index contributed by atoms with van der Waals surface area (Å²) in [6.45, 7) is 3.11. The maximum absolute atomic E-state index is 13.5. The second kappa shape index (κ2) is 7.65. The molecule has 1 aliphatic rings. The molecular weight excluding hydrogens is 323 g/mol. The van der Waals surface area contributed by atoms with Gasteiger partial charge in [0.25, 0.3) is 0 Å². The van der Waals surface area contributed by atoms with Crippen LogP contribution in [0.25, 0.3) is 5.69 Å². The van der Waals surface area contributed by atoms with Crippen LogP contribution in [0.3, 0.4) is 0 Å². The maximum atomic E-state index is 13.5. The molecule has 0 unspecified atom stereocenters. The molecule has 1 fully saturated rings. The maximum Gasteiger partial charge on any atom is 0.321 e. The second-order valence-electron chi connectivity index (χ2n) is 6.29. The van der Waals surface area contributed by atoms with Crippen molar-refractivity contribution < 1.29 is 14.3 Å². The highest BCUT2D eigenvalue weighted by atomic mass is 19.1. The molecule has 0 saturated carbocycles. The Morgan fingerprint density at radius 3 is 2.84 bits per heavy atom. The Labute approximate surface area is 146 Å². The summed E-state index contributed by atoms with van der Waals surface area (Å²) in [5.41, 5.74) is 2.12. The van der Waals surface area contributed by atoms with Crippen molar-refractivity contribution in [2.75, 3.05) is 18.4 Å². The molecule has 1 saturated heterocycles. The first-order valence-electron chi connectivity index (χ1n) is 8.65. The van der Waals surface area contributed by atoms with Gasteiger partial charge in [0, 0.05) is 13.1 Å². The molecule has 1 aromatic heterocycles. The molecule has 2 aromatic rings. The monoisotopic (exact) mass is 346 g/mol. The standard InChI is InChI=1S/C18H23FN4O2/c1-2-4-17-16(21-18(25)22-9-7-15(24)8-10-22)12-20-23(17)14-6-3-5-13(19)11-14/h3,5-6,11-12,15,24H,2,4,7-10H2,1H3,(H,21,25). The van der Waals surface area contributed by atoms with E-state index in [4.69, 9.17) is 0 Å². The molecule has 3 rings (SSSR count). The van der Waals surface area contributed by atoms with E-state index in [9.17, 15) is 14.3 Å². The summed E-state index contributed by atoms with van der Waals surface area (Å²) in [6, 6.07) is 6.04. The van der Waals surface area contributed by atoms with Crippen molar-refractivity contribution in [3.8, 4) is 5.69 Å². The number of hydrogen-bond acceptors (Lipinski definition) is 3. The number of nitrogens with zero attached hydrogens (tertiary/aromatic N) is 3. The normalized spacial score (nSPS) is 15.4. The summed E-state index contributed by atoms with van der Waals surface area (Å²) in [4.78, 5) is 14.2. The Balaban J connectivity index is 1.81. The molecule has 1 aromatic carbocycles. The third kappa shape index (κ3) is 3.99. The molecule has 6 nitrogen and oxygen atoms in total. The number of likely N-dealkylation sites (tertiary alicyclic amines) is 1. The van der Waals surface area contributed by atoms with Crippen LogP contribution in [-0.2, 0) is 6.42 Å². The fraction of sp³-hybridized carbons (Fsp3) is 0.444. The lowest BCUT2D eigenvalue weighted by Gasteiger charge is -2.29. The minimum Gasteiger partial charge on any atom is -0.393 e. The van der Waals surface area contributed by atoms with Gasteiger partial charge in [0.05, 0.1) is 29.4 Å². The van der Waals surface area contributed by atoms with Gasteiger partial charge in [-0.05, 0) is 37.5 Å². The van der Waals surface area contributed by atoms with Gasteiger partial charge in [0.15, 0.2) is 0 Å². The minimum atomic E-state index is -0.326. The average molecular weight is 346 g/mol. The first kappa shape index (κ1) is 17.4. The lowest BCUT2D eigenvalue weighted by atomic mass is 10.1. The molecule has 2 N–H and O–H groups in total. The molecule has 1 aliphatic heterocycles. The van der Waals surface area contributed by atoms with Gasteiger partial charge in [-0.2, -0.15) is 5.10 Å². The highest BCUT2D eigenvalue weighted by Gasteiger charge is 2.23. The Morgan fingerprint density at radius 2 is 2.16 bits per heavy atom. The largest absolute Gasteiger partial charge is 0.393 e. The number of aromatic nitrogens is 2. The molecule has 7 heteroatoms. The van der Waals surface area contributed by atoms with Crippen molar-refractivity contribution >= 4 is 11.7 Å². The van der Waals surface area contributed by atoms with E-state index in [2.05, 4.69) is 10.4 Å². The fourth-order valence-electron chi connectivity index (χ4n) is 3.05. The molecule has 0 spiro atoms. The Morgan fingerprint density at radius 1 is 1.40 bits per heavy atom. The van der Waals surface area contributed by atoms with Crippen molar-refractivity contribution in [1.29, 1.82) is 0 Å². The number of hydrogen-bond donors (Lipinski definition) is 2. The van der Waals surface area contributed by atoms with Gasteiger partial charge < -0.3 is 15.3 Å². The fourth-order valence-corrected chi connectivity index (χ4v) is 3.05. The zero-order valence-corrected chi connectivity index (χ0v) is 14.3. The number of carbonyl (C=O) groups excluding carboxylic acids is 1. The topological polar surface area (TPSA) is 70.4 Å². The number of benzene rings is 1. The van der Waals surface area contributed by atoms with Crippen LogP contribution in [0.1, 0.15) is 31.9 Å². The molecule has 134 valence electrons. The van der Waals surface area contributed by atoms with Gasteiger partial charge in [-0.25, -0.2) is 13.9 Å². The van der Waals surface area contributed by atoms with Crippen molar-refractivity contribution in [2.24, 2.45) is 0 Å². The third-order valence-electron chi connectivity index (χ3n) is 4.40. The van der Waals surface area contributed by atoms with Gasteiger partial charge in [0.1, 0.15) is 5.82 Å². The van der Waals surface area contributed by atoms with E-state index in [-0.39, 0.29) is 18.0 Å². The number of anilines is 1. The summed E-state index contributed by atoms with van der Waals surface area (Å²) in [6.07, 6.45) is 4.06. The zero-order chi connectivity index (χ0) is 17.8. The van der Waals surface area contributed by atoms with Crippen LogP contribution in [-0.4, -0.2) is 45.0 Å². The number of rotatable bonds is 4. The van der Waals surface area contributed by atoms with Gasteiger partial charge in [-0.3, -0.25) is 0 Å². The van der Waals surface area contributed by atoms with Gasteiger partial charge in [-0.1, -0.05) is 19.4 Å². The molecule has 0 aliphatic carbocycles. The van der Waals surface area contributed by atoms with E-state index in [0.29, 0.717) is 43.7 Å². The quantitative estimate of drug-likeness (QED) is 0.894. The Hall–Kier alpha value is -2.41. The molecular formula is C18H23FN4O2. The third-order valence-corrected chi connectivity index (χ3v) is 4.40. The van der Waals surface area contributed by atoms with Crippen molar-refractivity contribution in [2.45, 2.75) is 38.7 Å². The molecule has 25 heavy (non-hydrogen) atoms. The van der Waals surface area contributed by atoms with Crippen LogP contribution in [0.2, 0.25) is 0 Å². The lowest BCUT2D eigenvalue weighted by molar-refractivity contribution is 0.0972. The number of aliphatic hydroxyl groups excluding tert-OH is 1. The zero-order valence-electron chi connectivity index (χ0n) is 14.3. The summed E-state index contributed by atoms with van der Waals surface area (Å²) in [5, 5.41) is 16.8. The van der Waals surface area contributed by atoms with Gasteiger partial charge >= 0.3 is 6.03 Å². The molecule has 0 bridgehead atoms. The predicted molar refractivity (Wildman–Crippen MR) is 93.3 cm³/mol. The summed E-state index contributed by atoms with van der Waals surface area (Å²) < 4.78 is 15.2. The SMILES string of the molecule is CCCc1c(NC(=O)N2CCC(O)CC2)cnn1-c1cccc(F)c1. The van der Waals surface area contributed by atoms with Crippen LogP contribution in [0.15, 0.2) is 30.5 Å². The second-order valence-corrected chi connectivity index (χ2v) is 6.29. The smallest absolute Gasteiger partial charge is 0.321 e. The van der Waals surface area contributed by atoms with E-state index in [1.54, 1.807) is 27.9 Å². The highest BCUT2D eigenvalue weighted by Crippen LogP contribution is 2.22. The lowest BCUT2D eigenvalue weighted by Crippen LogP contribution is -2.42. The number of urea groups is 1. The van der Waals surface area contributed by atoms with Crippen LogP contribution in [0.4, 0.5) is 14.9 Å².